The molecular weight excluding hydrogens is 320 g/mol. The van der Waals surface area contributed by atoms with Gasteiger partial charge in [0.15, 0.2) is 0 Å². The van der Waals surface area contributed by atoms with Crippen molar-refractivity contribution in [3.63, 3.8) is 0 Å². The zero-order valence-electron chi connectivity index (χ0n) is 12.4. The smallest absolute Gasteiger partial charge is 0.254 e. The topological polar surface area (TPSA) is 29.1 Å². The lowest BCUT2D eigenvalue weighted by Gasteiger charge is -2.43. The molecule has 120 valence electrons. The molecule has 0 heterocycles. The van der Waals surface area contributed by atoms with E-state index < -0.39 is 23.1 Å². The molecule has 2 aromatic carbocycles. The average Bonchev–Trinajstić information content (AvgIpc) is 2.49. The maximum atomic E-state index is 13.7. The van der Waals surface area contributed by atoms with E-state index in [1.807, 2.05) is 12.1 Å². The van der Waals surface area contributed by atoms with Crippen molar-refractivity contribution >= 4 is 17.5 Å². The lowest BCUT2D eigenvalue weighted by molar-refractivity contribution is 0.0822. The molecule has 1 saturated carbocycles. The summed E-state index contributed by atoms with van der Waals surface area (Å²) in [6, 6.07) is 10.3. The van der Waals surface area contributed by atoms with Crippen molar-refractivity contribution in [3.8, 4) is 0 Å². The Hall–Kier alpha value is -1.94. The van der Waals surface area contributed by atoms with Crippen LogP contribution < -0.4 is 5.32 Å². The molecule has 1 aliphatic rings. The lowest BCUT2D eigenvalue weighted by Crippen LogP contribution is -2.55. The normalized spacial score (nSPS) is 15.8. The summed E-state index contributed by atoms with van der Waals surface area (Å²) in [5.41, 5.74) is 0.394. The number of benzene rings is 2. The summed E-state index contributed by atoms with van der Waals surface area (Å²) >= 11 is 5.88. The zero-order chi connectivity index (χ0) is 16.4. The van der Waals surface area contributed by atoms with Crippen LogP contribution in [0.1, 0.15) is 35.2 Å². The molecule has 0 unspecified atom stereocenters. The van der Waals surface area contributed by atoms with Gasteiger partial charge in [0.1, 0.15) is 11.6 Å². The lowest BCUT2D eigenvalue weighted by atomic mass is 9.72. The summed E-state index contributed by atoms with van der Waals surface area (Å²) in [5, 5.41) is 3.55. The van der Waals surface area contributed by atoms with E-state index in [9.17, 15) is 13.6 Å². The van der Waals surface area contributed by atoms with Gasteiger partial charge in [-0.2, -0.15) is 0 Å². The van der Waals surface area contributed by atoms with Crippen molar-refractivity contribution in [3.05, 3.63) is 70.2 Å². The van der Waals surface area contributed by atoms with E-state index in [2.05, 4.69) is 5.32 Å². The van der Waals surface area contributed by atoms with Crippen molar-refractivity contribution in [2.24, 2.45) is 0 Å². The van der Waals surface area contributed by atoms with Gasteiger partial charge < -0.3 is 5.32 Å². The van der Waals surface area contributed by atoms with Gasteiger partial charge in [0.25, 0.3) is 5.91 Å². The van der Waals surface area contributed by atoms with Crippen molar-refractivity contribution in [1.29, 1.82) is 0 Å². The standard InChI is InChI=1S/C18H16ClF2NO/c19-13-4-2-12(3-5-13)11-18(8-1-9-18)22-17(23)15-10-14(20)6-7-16(15)21/h2-7,10H,1,8-9,11H2,(H,22,23). The van der Waals surface area contributed by atoms with Gasteiger partial charge >= 0.3 is 0 Å². The van der Waals surface area contributed by atoms with Crippen LogP contribution in [0.15, 0.2) is 42.5 Å². The quantitative estimate of drug-likeness (QED) is 0.875. The first-order valence-electron chi connectivity index (χ1n) is 7.49. The van der Waals surface area contributed by atoms with Crippen LogP contribution in [0.2, 0.25) is 5.02 Å². The van der Waals surface area contributed by atoms with Crippen LogP contribution in [0.3, 0.4) is 0 Å². The highest BCUT2D eigenvalue weighted by atomic mass is 35.5. The average molecular weight is 336 g/mol. The molecule has 0 bridgehead atoms. The Morgan fingerprint density at radius 1 is 1.13 bits per heavy atom. The molecule has 1 fully saturated rings. The molecule has 0 atom stereocenters. The summed E-state index contributed by atoms with van der Waals surface area (Å²) < 4.78 is 27.0. The summed E-state index contributed by atoms with van der Waals surface area (Å²) in [5.74, 6) is -1.92. The second kappa shape index (κ2) is 6.28. The van der Waals surface area contributed by atoms with E-state index in [1.54, 1.807) is 12.1 Å². The minimum atomic E-state index is -0.718. The minimum absolute atomic E-state index is 0.257. The number of hydrogen-bond donors (Lipinski definition) is 1. The van der Waals surface area contributed by atoms with Crippen molar-refractivity contribution in [1.82, 2.24) is 5.32 Å². The number of halogens is 3. The van der Waals surface area contributed by atoms with Gasteiger partial charge in [0, 0.05) is 10.6 Å². The van der Waals surface area contributed by atoms with E-state index in [1.165, 1.54) is 0 Å². The van der Waals surface area contributed by atoms with Crippen LogP contribution in [0.5, 0.6) is 0 Å². The maximum absolute atomic E-state index is 13.7. The Morgan fingerprint density at radius 2 is 1.83 bits per heavy atom. The largest absolute Gasteiger partial charge is 0.346 e. The molecule has 0 aromatic heterocycles. The van der Waals surface area contributed by atoms with E-state index >= 15 is 0 Å². The summed E-state index contributed by atoms with van der Waals surface area (Å²) in [7, 11) is 0. The Labute approximate surface area is 138 Å². The number of nitrogens with one attached hydrogen (secondary N) is 1. The number of carbonyl (C=O) groups is 1. The summed E-state index contributed by atoms with van der Waals surface area (Å²) in [6.45, 7) is 0. The van der Waals surface area contributed by atoms with Crippen LogP contribution in [0, 0.1) is 11.6 Å². The van der Waals surface area contributed by atoms with Crippen molar-refractivity contribution in [2.45, 2.75) is 31.2 Å². The molecule has 1 aliphatic carbocycles. The van der Waals surface area contributed by atoms with E-state index in [0.29, 0.717) is 11.4 Å². The fraction of sp³-hybridized carbons (Fsp3) is 0.278. The zero-order valence-corrected chi connectivity index (χ0v) is 13.2. The maximum Gasteiger partial charge on any atom is 0.254 e. The second-order valence-electron chi connectivity index (χ2n) is 6.02. The van der Waals surface area contributed by atoms with Crippen LogP contribution in [0.4, 0.5) is 8.78 Å². The SMILES string of the molecule is O=C(NC1(Cc2ccc(Cl)cc2)CCC1)c1cc(F)ccc1F. The van der Waals surface area contributed by atoms with Crippen LogP contribution >= 0.6 is 11.6 Å². The first kappa shape index (κ1) is 15.9. The van der Waals surface area contributed by atoms with Crippen LogP contribution in [0.25, 0.3) is 0 Å². The van der Waals surface area contributed by atoms with Crippen molar-refractivity contribution < 1.29 is 13.6 Å². The Kier molecular flexibility index (Phi) is 4.35. The molecule has 3 rings (SSSR count). The first-order chi connectivity index (χ1) is 11.0. The molecule has 2 nitrogen and oxygen atoms in total. The first-order valence-corrected chi connectivity index (χ1v) is 7.87. The second-order valence-corrected chi connectivity index (χ2v) is 6.45. The molecule has 23 heavy (non-hydrogen) atoms. The van der Waals surface area contributed by atoms with Gasteiger partial charge in [-0.25, -0.2) is 8.78 Å². The highest BCUT2D eigenvalue weighted by Gasteiger charge is 2.38. The fourth-order valence-corrected chi connectivity index (χ4v) is 3.05. The predicted octanol–water partition coefficient (Wildman–Crippen LogP) is 4.51. The number of hydrogen-bond acceptors (Lipinski definition) is 1. The summed E-state index contributed by atoms with van der Waals surface area (Å²) in [4.78, 5) is 12.3. The minimum Gasteiger partial charge on any atom is -0.346 e. The van der Waals surface area contributed by atoms with Gasteiger partial charge in [-0.3, -0.25) is 4.79 Å². The molecule has 0 saturated heterocycles. The third-order valence-electron chi connectivity index (χ3n) is 4.32. The van der Waals surface area contributed by atoms with Gasteiger partial charge in [0.2, 0.25) is 0 Å². The molecular formula is C18H16ClF2NO. The van der Waals surface area contributed by atoms with Crippen molar-refractivity contribution in [2.75, 3.05) is 0 Å². The number of amides is 1. The Morgan fingerprint density at radius 3 is 2.43 bits per heavy atom. The number of carbonyl (C=O) groups excluding carboxylic acids is 1. The number of rotatable bonds is 4. The van der Waals surface area contributed by atoms with Gasteiger partial charge in [0.05, 0.1) is 5.56 Å². The molecule has 5 heteroatoms. The van der Waals surface area contributed by atoms with Crippen LogP contribution in [-0.4, -0.2) is 11.4 Å². The van der Waals surface area contributed by atoms with Gasteiger partial charge in [-0.15, -0.1) is 0 Å². The molecule has 0 aliphatic heterocycles. The van der Waals surface area contributed by atoms with E-state index in [-0.39, 0.29) is 5.56 Å². The Bertz CT molecular complexity index is 726. The summed E-state index contributed by atoms with van der Waals surface area (Å²) in [6.07, 6.45) is 3.28. The van der Waals surface area contributed by atoms with E-state index in [4.69, 9.17) is 11.6 Å². The van der Waals surface area contributed by atoms with E-state index in [0.717, 1.165) is 43.0 Å². The molecule has 1 amide bonds. The third-order valence-corrected chi connectivity index (χ3v) is 4.57. The van der Waals surface area contributed by atoms with Crippen LogP contribution in [-0.2, 0) is 6.42 Å². The highest BCUT2D eigenvalue weighted by molar-refractivity contribution is 6.30. The molecule has 1 N–H and O–H groups in total. The Balaban J connectivity index is 1.77. The molecule has 0 spiro atoms. The third kappa shape index (κ3) is 3.53. The highest BCUT2D eigenvalue weighted by Crippen LogP contribution is 2.35. The molecule has 2 aromatic rings. The van der Waals surface area contributed by atoms with Gasteiger partial charge in [-0.05, 0) is 61.6 Å². The van der Waals surface area contributed by atoms with Gasteiger partial charge in [-0.1, -0.05) is 23.7 Å². The molecule has 0 radical (unpaired) electrons. The monoisotopic (exact) mass is 335 g/mol. The predicted molar refractivity (Wildman–Crippen MR) is 85.6 cm³/mol. The fourth-order valence-electron chi connectivity index (χ4n) is 2.92.